The Morgan fingerprint density at radius 1 is 0.966 bits per heavy atom. The van der Waals surface area contributed by atoms with E-state index in [0.717, 1.165) is 5.56 Å². The van der Waals surface area contributed by atoms with Crippen molar-refractivity contribution >= 4 is 23.5 Å². The molecular weight excluding hydrogens is 372 g/mol. The molecule has 0 saturated carbocycles. The molecule has 3 rings (SSSR count). The number of anilines is 1. The maximum Gasteiger partial charge on any atom is 0.374 e. The number of carbonyl (C=O) groups is 3. The van der Waals surface area contributed by atoms with Crippen LogP contribution in [0.1, 0.15) is 39.4 Å². The quantitative estimate of drug-likeness (QED) is 0.599. The summed E-state index contributed by atoms with van der Waals surface area (Å²) in [5.41, 5.74) is 1.59. The Morgan fingerprint density at radius 3 is 2.41 bits per heavy atom. The maximum atomic E-state index is 12.7. The van der Waals surface area contributed by atoms with Gasteiger partial charge in [0.1, 0.15) is 0 Å². The van der Waals surface area contributed by atoms with Gasteiger partial charge >= 0.3 is 5.97 Å². The summed E-state index contributed by atoms with van der Waals surface area (Å²) in [5.74, 6) is -1.63. The van der Waals surface area contributed by atoms with Crippen LogP contribution in [-0.4, -0.2) is 24.4 Å². The van der Waals surface area contributed by atoms with Crippen LogP contribution in [0.2, 0.25) is 0 Å². The van der Waals surface area contributed by atoms with E-state index in [1.165, 1.54) is 12.3 Å². The molecule has 0 bridgehead atoms. The minimum Gasteiger partial charge on any atom is -0.457 e. The standard InChI is InChI=1S/C22H20N2O5/c1-15(16-8-3-2-4-9-16)23-21(26)17-10-5-6-11-18(17)24-20(25)14-29-22(27)19-12-7-13-28-19/h2-13,15H,14H2,1H3,(H,23,26)(H,24,25)/t15-/m0/s1. The van der Waals surface area contributed by atoms with Crippen molar-refractivity contribution in [3.63, 3.8) is 0 Å². The van der Waals surface area contributed by atoms with E-state index in [1.54, 1.807) is 30.3 Å². The van der Waals surface area contributed by atoms with Crippen LogP contribution in [0.15, 0.2) is 77.4 Å². The fraction of sp³-hybridized carbons (Fsp3) is 0.136. The van der Waals surface area contributed by atoms with Gasteiger partial charge in [-0.25, -0.2) is 4.79 Å². The molecule has 1 heterocycles. The normalized spacial score (nSPS) is 11.3. The predicted octanol–water partition coefficient (Wildman–Crippen LogP) is 3.57. The van der Waals surface area contributed by atoms with Crippen LogP contribution in [0.3, 0.4) is 0 Å². The number of benzene rings is 2. The van der Waals surface area contributed by atoms with Gasteiger partial charge < -0.3 is 19.8 Å². The summed E-state index contributed by atoms with van der Waals surface area (Å²) >= 11 is 0. The van der Waals surface area contributed by atoms with Crippen molar-refractivity contribution in [3.05, 3.63) is 89.9 Å². The smallest absolute Gasteiger partial charge is 0.374 e. The van der Waals surface area contributed by atoms with E-state index in [4.69, 9.17) is 9.15 Å². The minimum atomic E-state index is -0.743. The van der Waals surface area contributed by atoms with E-state index in [-0.39, 0.29) is 17.7 Å². The van der Waals surface area contributed by atoms with Gasteiger partial charge in [0.15, 0.2) is 6.61 Å². The number of ether oxygens (including phenoxy) is 1. The highest BCUT2D eigenvalue weighted by Gasteiger charge is 2.17. The monoisotopic (exact) mass is 392 g/mol. The lowest BCUT2D eigenvalue weighted by Gasteiger charge is -2.16. The molecule has 0 aliphatic rings. The Labute approximate surface area is 167 Å². The fourth-order valence-electron chi connectivity index (χ4n) is 2.67. The number of carbonyl (C=O) groups excluding carboxylic acids is 3. The molecule has 0 saturated heterocycles. The zero-order valence-electron chi connectivity index (χ0n) is 15.8. The summed E-state index contributed by atoms with van der Waals surface area (Å²) in [6.45, 7) is 1.37. The Balaban J connectivity index is 1.61. The number of nitrogens with one attached hydrogen (secondary N) is 2. The van der Waals surface area contributed by atoms with Gasteiger partial charge in [-0.3, -0.25) is 9.59 Å². The van der Waals surface area contributed by atoms with Crippen LogP contribution in [-0.2, 0) is 9.53 Å². The molecule has 0 aliphatic heterocycles. The molecule has 0 unspecified atom stereocenters. The molecule has 1 atom stereocenters. The van der Waals surface area contributed by atoms with E-state index < -0.39 is 18.5 Å². The van der Waals surface area contributed by atoms with Crippen molar-refractivity contribution in [2.75, 3.05) is 11.9 Å². The van der Waals surface area contributed by atoms with Crippen molar-refractivity contribution in [1.29, 1.82) is 0 Å². The van der Waals surface area contributed by atoms with Crippen molar-refractivity contribution < 1.29 is 23.5 Å². The number of esters is 1. The minimum absolute atomic E-state index is 0.00692. The molecule has 148 valence electrons. The first kappa shape index (κ1) is 19.9. The van der Waals surface area contributed by atoms with E-state index in [1.807, 2.05) is 37.3 Å². The van der Waals surface area contributed by atoms with Gasteiger partial charge in [0, 0.05) is 0 Å². The molecule has 1 aromatic heterocycles. The Bertz CT molecular complexity index is 983. The lowest BCUT2D eigenvalue weighted by atomic mass is 10.1. The van der Waals surface area contributed by atoms with Crippen molar-refractivity contribution in [2.24, 2.45) is 0 Å². The molecule has 7 nitrogen and oxygen atoms in total. The molecule has 2 N–H and O–H groups in total. The number of hydrogen-bond donors (Lipinski definition) is 2. The van der Waals surface area contributed by atoms with Gasteiger partial charge in [0.25, 0.3) is 11.8 Å². The lowest BCUT2D eigenvalue weighted by molar-refractivity contribution is -0.119. The number of hydrogen-bond acceptors (Lipinski definition) is 5. The molecule has 0 aliphatic carbocycles. The first-order chi connectivity index (χ1) is 14.0. The molecule has 2 amide bonds. The first-order valence-corrected chi connectivity index (χ1v) is 9.00. The SMILES string of the molecule is C[C@H](NC(=O)c1ccccc1NC(=O)COC(=O)c1ccco1)c1ccccc1. The highest BCUT2D eigenvalue weighted by Crippen LogP contribution is 2.18. The predicted molar refractivity (Wildman–Crippen MR) is 106 cm³/mol. The second kappa shape index (κ2) is 9.36. The number of rotatable bonds is 7. The van der Waals surface area contributed by atoms with Gasteiger partial charge in [0.05, 0.1) is 23.6 Å². The molecule has 7 heteroatoms. The average Bonchev–Trinajstić information content (AvgIpc) is 3.28. The van der Waals surface area contributed by atoms with Crippen LogP contribution in [0.25, 0.3) is 0 Å². The summed E-state index contributed by atoms with van der Waals surface area (Å²) in [5, 5.41) is 5.50. The summed E-state index contributed by atoms with van der Waals surface area (Å²) in [6.07, 6.45) is 1.34. The van der Waals surface area contributed by atoms with E-state index >= 15 is 0 Å². The molecule has 3 aromatic rings. The third-order valence-electron chi connectivity index (χ3n) is 4.15. The Morgan fingerprint density at radius 2 is 1.69 bits per heavy atom. The highest BCUT2D eigenvalue weighted by molar-refractivity contribution is 6.04. The van der Waals surface area contributed by atoms with E-state index in [9.17, 15) is 14.4 Å². The molecular formula is C22H20N2O5. The van der Waals surface area contributed by atoms with Gasteiger partial charge in [-0.05, 0) is 36.8 Å². The highest BCUT2D eigenvalue weighted by atomic mass is 16.5. The number of furan rings is 1. The van der Waals surface area contributed by atoms with Crippen LogP contribution in [0.4, 0.5) is 5.69 Å². The maximum absolute atomic E-state index is 12.7. The van der Waals surface area contributed by atoms with Gasteiger partial charge in [-0.15, -0.1) is 0 Å². The molecule has 0 radical (unpaired) electrons. The molecule has 0 fully saturated rings. The first-order valence-electron chi connectivity index (χ1n) is 9.00. The van der Waals surface area contributed by atoms with Crippen LogP contribution < -0.4 is 10.6 Å². The summed E-state index contributed by atoms with van der Waals surface area (Å²) in [4.78, 5) is 36.6. The van der Waals surface area contributed by atoms with Gasteiger partial charge in [-0.2, -0.15) is 0 Å². The third-order valence-corrected chi connectivity index (χ3v) is 4.15. The van der Waals surface area contributed by atoms with E-state index in [0.29, 0.717) is 11.3 Å². The second-order valence-electron chi connectivity index (χ2n) is 6.25. The molecule has 0 spiro atoms. The summed E-state index contributed by atoms with van der Waals surface area (Å²) in [7, 11) is 0. The van der Waals surface area contributed by atoms with Crippen LogP contribution >= 0.6 is 0 Å². The topological polar surface area (TPSA) is 97.6 Å². The van der Waals surface area contributed by atoms with Crippen LogP contribution in [0, 0.1) is 0 Å². The zero-order valence-corrected chi connectivity index (χ0v) is 15.8. The largest absolute Gasteiger partial charge is 0.457 e. The fourth-order valence-corrected chi connectivity index (χ4v) is 2.67. The molecule has 2 aromatic carbocycles. The van der Waals surface area contributed by atoms with E-state index in [2.05, 4.69) is 10.6 Å². The summed E-state index contributed by atoms with van der Waals surface area (Å²) in [6, 6.07) is 18.9. The van der Waals surface area contributed by atoms with Gasteiger partial charge in [0.2, 0.25) is 5.76 Å². The molecule has 29 heavy (non-hydrogen) atoms. The zero-order chi connectivity index (χ0) is 20.6. The van der Waals surface area contributed by atoms with Crippen LogP contribution in [0.5, 0.6) is 0 Å². The number of para-hydroxylation sites is 1. The van der Waals surface area contributed by atoms with Gasteiger partial charge in [-0.1, -0.05) is 42.5 Å². The van der Waals surface area contributed by atoms with Crippen molar-refractivity contribution in [3.8, 4) is 0 Å². The van der Waals surface area contributed by atoms with Crippen molar-refractivity contribution in [2.45, 2.75) is 13.0 Å². The Kier molecular flexibility index (Phi) is 6.42. The number of amides is 2. The average molecular weight is 392 g/mol. The summed E-state index contributed by atoms with van der Waals surface area (Å²) < 4.78 is 9.81. The third kappa shape index (κ3) is 5.32. The Hall–Kier alpha value is -3.87. The second-order valence-corrected chi connectivity index (χ2v) is 6.25. The lowest BCUT2D eigenvalue weighted by Crippen LogP contribution is -2.28. The van der Waals surface area contributed by atoms with Crippen molar-refractivity contribution in [1.82, 2.24) is 5.32 Å².